The maximum absolute atomic E-state index is 13.4. The van der Waals surface area contributed by atoms with Crippen LogP contribution in [0.15, 0.2) is 24.4 Å². The smallest absolute Gasteiger partial charge is 0.147 e. The number of aliphatic hydroxyl groups excluding tert-OH is 1. The number of aryl methyl sites for hydroxylation is 1. The summed E-state index contributed by atoms with van der Waals surface area (Å²) in [6.45, 7) is 1.68. The third-order valence-electron chi connectivity index (χ3n) is 2.43. The SMILES string of the molecule is CC(O)c1cn(C)c2c(F)cccc12. The highest BCUT2D eigenvalue weighted by atomic mass is 19.1. The molecule has 0 fully saturated rings. The molecule has 2 rings (SSSR count). The second kappa shape index (κ2) is 3.10. The molecule has 14 heavy (non-hydrogen) atoms. The largest absolute Gasteiger partial charge is 0.389 e. The zero-order chi connectivity index (χ0) is 10.3. The van der Waals surface area contributed by atoms with Crippen molar-refractivity contribution in [3.05, 3.63) is 35.8 Å². The normalized spacial score (nSPS) is 13.4. The molecule has 0 bridgehead atoms. The average Bonchev–Trinajstić information content (AvgIpc) is 2.45. The standard InChI is InChI=1S/C11H12FNO/c1-7(14)9-6-13(2)11-8(9)4-3-5-10(11)12/h3-7,14H,1-2H3. The number of fused-ring (bicyclic) bond motifs is 1. The van der Waals surface area contributed by atoms with Crippen LogP contribution in [0.2, 0.25) is 0 Å². The molecule has 74 valence electrons. The first-order valence-electron chi connectivity index (χ1n) is 4.52. The van der Waals surface area contributed by atoms with E-state index in [2.05, 4.69) is 0 Å². The lowest BCUT2D eigenvalue weighted by Gasteiger charge is -2.00. The lowest BCUT2D eigenvalue weighted by atomic mass is 10.1. The summed E-state index contributed by atoms with van der Waals surface area (Å²) in [5.41, 5.74) is 1.31. The predicted molar refractivity (Wildman–Crippen MR) is 53.5 cm³/mol. The third kappa shape index (κ3) is 1.21. The topological polar surface area (TPSA) is 25.2 Å². The van der Waals surface area contributed by atoms with Gasteiger partial charge in [-0.25, -0.2) is 4.39 Å². The van der Waals surface area contributed by atoms with Gasteiger partial charge >= 0.3 is 0 Å². The molecule has 2 nitrogen and oxygen atoms in total. The van der Waals surface area contributed by atoms with Crippen LogP contribution in [0.3, 0.4) is 0 Å². The first kappa shape index (κ1) is 9.21. The van der Waals surface area contributed by atoms with Crippen molar-refractivity contribution in [2.24, 2.45) is 7.05 Å². The first-order valence-corrected chi connectivity index (χ1v) is 4.52. The fourth-order valence-electron chi connectivity index (χ4n) is 1.78. The number of aromatic nitrogens is 1. The molecule has 0 radical (unpaired) electrons. The molecule has 0 spiro atoms. The molecule has 1 aromatic heterocycles. The number of hydrogen-bond acceptors (Lipinski definition) is 1. The van der Waals surface area contributed by atoms with Gasteiger partial charge in [-0.15, -0.1) is 0 Å². The van der Waals surface area contributed by atoms with E-state index in [1.54, 1.807) is 30.8 Å². The van der Waals surface area contributed by atoms with Crippen LogP contribution in [0.25, 0.3) is 10.9 Å². The summed E-state index contributed by atoms with van der Waals surface area (Å²) < 4.78 is 15.1. The fraction of sp³-hybridized carbons (Fsp3) is 0.273. The van der Waals surface area contributed by atoms with Crippen LogP contribution in [0.5, 0.6) is 0 Å². The maximum Gasteiger partial charge on any atom is 0.147 e. The fourth-order valence-corrected chi connectivity index (χ4v) is 1.78. The van der Waals surface area contributed by atoms with E-state index in [1.165, 1.54) is 6.07 Å². The van der Waals surface area contributed by atoms with Crippen molar-refractivity contribution in [2.45, 2.75) is 13.0 Å². The summed E-state index contributed by atoms with van der Waals surface area (Å²) in [6.07, 6.45) is 1.19. The Balaban J connectivity index is 2.84. The Labute approximate surface area is 81.6 Å². The summed E-state index contributed by atoms with van der Waals surface area (Å²) >= 11 is 0. The van der Waals surface area contributed by atoms with Gasteiger partial charge in [-0.05, 0) is 13.0 Å². The van der Waals surface area contributed by atoms with Crippen molar-refractivity contribution in [1.29, 1.82) is 0 Å². The van der Waals surface area contributed by atoms with Gasteiger partial charge in [0.25, 0.3) is 0 Å². The molecule has 0 amide bonds. The van der Waals surface area contributed by atoms with Gasteiger partial charge in [0.15, 0.2) is 0 Å². The Morgan fingerprint density at radius 3 is 2.79 bits per heavy atom. The Bertz CT molecular complexity index is 473. The molecule has 1 unspecified atom stereocenters. The predicted octanol–water partition coefficient (Wildman–Crippen LogP) is 2.37. The van der Waals surface area contributed by atoms with Gasteiger partial charge in [-0.1, -0.05) is 12.1 Å². The van der Waals surface area contributed by atoms with Gasteiger partial charge < -0.3 is 9.67 Å². The molecular formula is C11H12FNO. The highest BCUT2D eigenvalue weighted by molar-refractivity contribution is 5.84. The number of nitrogens with zero attached hydrogens (tertiary/aromatic N) is 1. The number of rotatable bonds is 1. The van der Waals surface area contributed by atoms with E-state index in [0.717, 1.165) is 10.9 Å². The van der Waals surface area contributed by atoms with Crippen LogP contribution >= 0.6 is 0 Å². The van der Waals surface area contributed by atoms with Crippen LogP contribution in [0.4, 0.5) is 4.39 Å². The first-order chi connectivity index (χ1) is 6.61. The minimum atomic E-state index is -0.569. The van der Waals surface area contributed by atoms with Gasteiger partial charge in [0.05, 0.1) is 11.6 Å². The Hall–Kier alpha value is -1.35. The molecule has 1 N–H and O–H groups in total. The van der Waals surface area contributed by atoms with Crippen molar-refractivity contribution < 1.29 is 9.50 Å². The van der Waals surface area contributed by atoms with Crippen molar-refractivity contribution >= 4 is 10.9 Å². The summed E-state index contributed by atoms with van der Waals surface area (Å²) in [7, 11) is 1.78. The molecule has 2 aromatic rings. The molecule has 0 aliphatic heterocycles. The Morgan fingerprint density at radius 2 is 2.14 bits per heavy atom. The molecule has 1 heterocycles. The third-order valence-corrected chi connectivity index (χ3v) is 2.43. The van der Waals surface area contributed by atoms with E-state index < -0.39 is 6.10 Å². The average molecular weight is 193 g/mol. The molecule has 3 heteroatoms. The van der Waals surface area contributed by atoms with Gasteiger partial charge in [0.2, 0.25) is 0 Å². The van der Waals surface area contributed by atoms with Crippen LogP contribution < -0.4 is 0 Å². The second-order valence-corrected chi connectivity index (χ2v) is 3.51. The summed E-state index contributed by atoms with van der Waals surface area (Å²) in [4.78, 5) is 0. The van der Waals surface area contributed by atoms with Crippen LogP contribution in [0, 0.1) is 5.82 Å². The van der Waals surface area contributed by atoms with Gasteiger partial charge in [-0.3, -0.25) is 0 Å². The molecular weight excluding hydrogens is 181 g/mol. The summed E-state index contributed by atoms with van der Waals surface area (Å²) in [5.74, 6) is -0.253. The number of hydrogen-bond donors (Lipinski definition) is 1. The monoisotopic (exact) mass is 193 g/mol. The van der Waals surface area contributed by atoms with Crippen molar-refractivity contribution in [1.82, 2.24) is 4.57 Å². The molecule has 0 aliphatic carbocycles. The number of benzene rings is 1. The number of para-hydroxylation sites is 1. The van der Waals surface area contributed by atoms with Crippen LogP contribution in [0.1, 0.15) is 18.6 Å². The number of halogens is 1. The van der Waals surface area contributed by atoms with E-state index in [0.29, 0.717) is 5.52 Å². The molecule has 0 aliphatic rings. The van der Waals surface area contributed by atoms with Gasteiger partial charge in [0, 0.05) is 24.2 Å². The molecule has 0 saturated carbocycles. The van der Waals surface area contributed by atoms with E-state index in [4.69, 9.17) is 0 Å². The summed E-state index contributed by atoms with van der Waals surface area (Å²) in [5, 5.41) is 10.3. The molecule has 1 atom stereocenters. The van der Waals surface area contributed by atoms with Crippen molar-refractivity contribution in [2.75, 3.05) is 0 Å². The van der Waals surface area contributed by atoms with Crippen molar-refractivity contribution in [3.63, 3.8) is 0 Å². The lowest BCUT2D eigenvalue weighted by Crippen LogP contribution is -1.88. The highest BCUT2D eigenvalue weighted by Crippen LogP contribution is 2.27. The van der Waals surface area contributed by atoms with Crippen LogP contribution in [-0.2, 0) is 7.05 Å². The minimum Gasteiger partial charge on any atom is -0.389 e. The zero-order valence-corrected chi connectivity index (χ0v) is 8.16. The van der Waals surface area contributed by atoms with Gasteiger partial charge in [0.1, 0.15) is 5.82 Å². The minimum absolute atomic E-state index is 0.253. The molecule has 0 saturated heterocycles. The van der Waals surface area contributed by atoms with E-state index in [9.17, 15) is 9.50 Å². The van der Waals surface area contributed by atoms with Gasteiger partial charge in [-0.2, -0.15) is 0 Å². The Kier molecular flexibility index (Phi) is 2.04. The lowest BCUT2D eigenvalue weighted by molar-refractivity contribution is 0.200. The molecule has 1 aromatic carbocycles. The van der Waals surface area contributed by atoms with E-state index >= 15 is 0 Å². The number of aliphatic hydroxyl groups is 1. The van der Waals surface area contributed by atoms with Crippen LogP contribution in [-0.4, -0.2) is 9.67 Å². The second-order valence-electron chi connectivity index (χ2n) is 3.51. The summed E-state index contributed by atoms with van der Waals surface area (Å²) in [6, 6.07) is 4.90. The Morgan fingerprint density at radius 1 is 1.43 bits per heavy atom. The highest BCUT2D eigenvalue weighted by Gasteiger charge is 2.12. The maximum atomic E-state index is 13.4. The van der Waals surface area contributed by atoms with E-state index in [1.807, 2.05) is 6.07 Å². The van der Waals surface area contributed by atoms with E-state index in [-0.39, 0.29) is 5.82 Å². The quantitative estimate of drug-likeness (QED) is 0.739. The van der Waals surface area contributed by atoms with Crippen molar-refractivity contribution in [3.8, 4) is 0 Å². The zero-order valence-electron chi connectivity index (χ0n) is 8.16.